The van der Waals surface area contributed by atoms with Gasteiger partial charge < -0.3 is 14.4 Å². The fourth-order valence-electron chi connectivity index (χ4n) is 2.53. The third-order valence-electron chi connectivity index (χ3n) is 3.31. The zero-order valence-electron chi connectivity index (χ0n) is 18.2. The fourth-order valence-corrected chi connectivity index (χ4v) is 4.78. The molecule has 0 aromatic rings. The van der Waals surface area contributed by atoms with Crippen molar-refractivity contribution < 1.29 is 25.8 Å². The van der Waals surface area contributed by atoms with Crippen molar-refractivity contribution in [3.8, 4) is 0 Å². The van der Waals surface area contributed by atoms with Crippen molar-refractivity contribution in [1.82, 2.24) is 0 Å². The zero-order valence-corrected chi connectivity index (χ0v) is 22.8. The van der Waals surface area contributed by atoms with Crippen molar-refractivity contribution in [2.45, 2.75) is 93.4 Å². The maximum absolute atomic E-state index is 3.44. The third-order valence-corrected chi connectivity index (χ3v) is 4.81. The van der Waals surface area contributed by atoms with Crippen LogP contribution in [0, 0.1) is 25.8 Å². The number of hydrogen-bond acceptors (Lipinski definition) is 0. The molecule has 2 heteroatoms. The molecule has 0 fully saturated rings. The van der Waals surface area contributed by atoms with Crippen molar-refractivity contribution in [2.24, 2.45) is 5.41 Å². The fraction of sp³-hybridized carbons (Fsp3) is 0.714. The van der Waals surface area contributed by atoms with Crippen LogP contribution >= 0.6 is 8.58 Å². The van der Waals surface area contributed by atoms with Gasteiger partial charge in [-0.2, -0.15) is 18.1 Å². The van der Waals surface area contributed by atoms with Gasteiger partial charge in [-0.05, 0) is 10.3 Å². The first-order chi connectivity index (χ1) is 9.16. The average Bonchev–Trinajstić information content (AvgIpc) is 2.40. The van der Waals surface area contributed by atoms with Crippen molar-refractivity contribution in [1.29, 1.82) is 0 Å². The van der Waals surface area contributed by atoms with Crippen LogP contribution in [0.25, 0.3) is 0 Å². The molecule has 0 aromatic carbocycles. The van der Waals surface area contributed by atoms with Gasteiger partial charge >= 0.3 is 0 Å². The Bertz CT molecular complexity index is 362. The topological polar surface area (TPSA) is 0 Å². The average molecular weight is 504 g/mol. The van der Waals surface area contributed by atoms with Crippen LogP contribution in [0.15, 0.2) is 16.7 Å². The van der Waals surface area contributed by atoms with Gasteiger partial charge in [-0.3, -0.25) is 6.08 Å². The Kier molecular flexibility index (Phi) is 16.7. The maximum Gasteiger partial charge on any atom is 0 e. The maximum atomic E-state index is 3.44. The Labute approximate surface area is 169 Å². The molecule has 1 aliphatic carbocycles. The van der Waals surface area contributed by atoms with E-state index in [1.54, 1.807) is 6.92 Å². The predicted octanol–water partition coefficient (Wildman–Crippen LogP) is 7.66. The summed E-state index contributed by atoms with van der Waals surface area (Å²) in [5, 5.41) is 1.02. The van der Waals surface area contributed by atoms with E-state index in [0.29, 0.717) is 10.3 Å². The smallest absolute Gasteiger partial charge is 0 e. The molecular formula is C21H42HfP-3. The van der Waals surface area contributed by atoms with Gasteiger partial charge in [0.15, 0.2) is 0 Å². The molecule has 0 saturated heterocycles. The summed E-state index contributed by atoms with van der Waals surface area (Å²) in [6, 6.07) is 0. The van der Waals surface area contributed by atoms with Crippen molar-refractivity contribution in [3.05, 3.63) is 37.1 Å². The Morgan fingerprint density at radius 1 is 0.870 bits per heavy atom. The van der Waals surface area contributed by atoms with Crippen molar-refractivity contribution in [2.75, 3.05) is 0 Å². The summed E-state index contributed by atoms with van der Waals surface area (Å²) >= 11 is 0. The van der Waals surface area contributed by atoms with Crippen LogP contribution in [0.4, 0.5) is 0 Å². The van der Waals surface area contributed by atoms with Crippen LogP contribution in [0.1, 0.15) is 83.1 Å². The molecule has 0 aromatic heterocycles. The molecular weight excluding hydrogens is 462 g/mol. The van der Waals surface area contributed by atoms with E-state index in [9.17, 15) is 0 Å². The van der Waals surface area contributed by atoms with Crippen LogP contribution in [0.3, 0.4) is 0 Å². The Morgan fingerprint density at radius 2 is 1.17 bits per heavy atom. The molecule has 0 atom stereocenters. The van der Waals surface area contributed by atoms with E-state index in [1.807, 2.05) is 0 Å². The molecule has 138 valence electrons. The van der Waals surface area contributed by atoms with Gasteiger partial charge in [0, 0.05) is 25.8 Å². The summed E-state index contributed by atoms with van der Waals surface area (Å²) in [7, 11) is 1.05. The van der Waals surface area contributed by atoms with Gasteiger partial charge in [0.05, 0.1) is 0 Å². The van der Waals surface area contributed by atoms with Gasteiger partial charge in [-0.25, -0.2) is 5.57 Å². The molecule has 0 heterocycles. The quantitative estimate of drug-likeness (QED) is 0.181. The Balaban J connectivity index is -0.000000132. The molecule has 0 bridgehead atoms. The summed E-state index contributed by atoms with van der Waals surface area (Å²) in [6.45, 7) is 29.7. The minimum absolute atomic E-state index is 0. The second kappa shape index (κ2) is 12.2. The van der Waals surface area contributed by atoms with Gasteiger partial charge in [-0.1, -0.05) is 74.7 Å². The third kappa shape index (κ3) is 14.8. The summed E-state index contributed by atoms with van der Waals surface area (Å²) in [4.78, 5) is 0. The minimum atomic E-state index is 0. The van der Waals surface area contributed by atoms with Crippen LogP contribution in [0.2, 0.25) is 0 Å². The first-order valence-corrected chi connectivity index (χ1v) is 8.96. The van der Waals surface area contributed by atoms with E-state index < -0.39 is 0 Å². The molecule has 0 amide bonds. The molecule has 1 rings (SSSR count). The van der Waals surface area contributed by atoms with Crippen molar-refractivity contribution >= 4 is 8.58 Å². The summed E-state index contributed by atoms with van der Waals surface area (Å²) in [5.41, 5.74) is 4.39. The molecule has 0 N–H and O–H groups in total. The summed E-state index contributed by atoms with van der Waals surface area (Å²) in [5.74, 6) is 0. The van der Waals surface area contributed by atoms with E-state index in [2.05, 4.69) is 89.2 Å². The van der Waals surface area contributed by atoms with Crippen LogP contribution in [-0.2, 0) is 25.8 Å². The summed E-state index contributed by atoms with van der Waals surface area (Å²) in [6.07, 6.45) is 3.44. The zero-order chi connectivity index (χ0) is 17.6. The normalized spacial score (nSPS) is 16.0. The second-order valence-electron chi connectivity index (χ2n) is 8.25. The first kappa shape index (κ1) is 31.5. The van der Waals surface area contributed by atoms with E-state index in [1.165, 1.54) is 16.7 Å². The molecule has 0 aliphatic heterocycles. The monoisotopic (exact) mass is 505 g/mol. The number of allylic oxidation sites excluding steroid dienone is 4. The second-order valence-corrected chi connectivity index (χ2v) is 11.5. The molecule has 0 saturated carbocycles. The van der Waals surface area contributed by atoms with E-state index in [4.69, 9.17) is 0 Å². The first-order valence-electron chi connectivity index (χ1n) is 7.96. The van der Waals surface area contributed by atoms with Crippen LogP contribution < -0.4 is 0 Å². The number of rotatable bonds is 0. The Morgan fingerprint density at radius 3 is 1.22 bits per heavy atom. The summed E-state index contributed by atoms with van der Waals surface area (Å²) < 4.78 is 0. The molecule has 0 spiro atoms. The van der Waals surface area contributed by atoms with E-state index in [0.717, 1.165) is 8.58 Å². The van der Waals surface area contributed by atoms with Gasteiger partial charge in [0.25, 0.3) is 0 Å². The standard InChI is InChI=1S/C10H15.C8H19P.C2H5.CH3.Hf/c1-7-6-10(4,5)9(3)8(7)2;1-7(2,3)9-8(4,5)6;1-2;;/h1-5H3;9H,1-6H3;1H2,2H3;1H3;/q-1;;2*-1;. The molecule has 0 unspecified atom stereocenters. The molecule has 0 nitrogen and oxygen atoms in total. The molecule has 23 heavy (non-hydrogen) atoms. The van der Waals surface area contributed by atoms with E-state index in [-0.39, 0.29) is 38.7 Å². The minimum Gasteiger partial charge on any atom is -0.358 e. The Hall–Kier alpha value is 0.780. The van der Waals surface area contributed by atoms with Gasteiger partial charge in [-0.15, -0.1) is 15.5 Å². The SMILES string of the molecule is CC(C)(C)PC(C)(C)C.CC1=[C-]C(C)(C)C(C)=C1C.[CH2-]C.[CH3-].[Hf]. The van der Waals surface area contributed by atoms with Crippen LogP contribution in [0.5, 0.6) is 0 Å². The van der Waals surface area contributed by atoms with Gasteiger partial charge in [0.1, 0.15) is 0 Å². The van der Waals surface area contributed by atoms with Crippen molar-refractivity contribution in [3.63, 3.8) is 0 Å². The molecule has 0 radical (unpaired) electrons. The van der Waals surface area contributed by atoms with Gasteiger partial charge in [0.2, 0.25) is 0 Å². The molecule has 1 aliphatic rings. The van der Waals surface area contributed by atoms with E-state index >= 15 is 0 Å². The van der Waals surface area contributed by atoms with Crippen LogP contribution in [-0.4, -0.2) is 10.3 Å². The predicted molar refractivity (Wildman–Crippen MR) is 110 cm³/mol. The largest absolute Gasteiger partial charge is 0.358 e. The number of hydrogen-bond donors (Lipinski definition) is 0.